The zero-order valence-electron chi connectivity index (χ0n) is 17.2. The Hall–Kier alpha value is -3.19. The standard InChI is InChI=1S/C24H25F2N5/c25-18-3-5-22-20(14-18)17(16-27-22)2-1-9-30-10-12-31(13-11-30)24-6-4-19(26)15-21(24)23-7-8-28-29-23/h3-8,14-16,27H,1-2,9-13H2,(H,28,29). The van der Waals surface area contributed by atoms with Crippen molar-refractivity contribution in [3.05, 3.63) is 72.1 Å². The van der Waals surface area contributed by atoms with Crippen LogP contribution >= 0.6 is 0 Å². The maximum absolute atomic E-state index is 13.9. The maximum atomic E-state index is 13.9. The molecule has 1 aliphatic heterocycles. The first kappa shape index (κ1) is 19.8. The molecule has 0 spiro atoms. The van der Waals surface area contributed by atoms with E-state index in [1.807, 2.05) is 18.3 Å². The lowest BCUT2D eigenvalue weighted by atomic mass is 10.1. The summed E-state index contributed by atoms with van der Waals surface area (Å²) in [6.07, 6.45) is 5.70. The van der Waals surface area contributed by atoms with Gasteiger partial charge in [0, 0.05) is 60.7 Å². The lowest BCUT2D eigenvalue weighted by Gasteiger charge is -2.37. The molecule has 2 N–H and O–H groups in total. The highest BCUT2D eigenvalue weighted by atomic mass is 19.1. The van der Waals surface area contributed by atoms with Gasteiger partial charge in [-0.25, -0.2) is 8.78 Å². The number of hydrogen-bond donors (Lipinski definition) is 2. The fourth-order valence-electron chi connectivity index (χ4n) is 4.46. The summed E-state index contributed by atoms with van der Waals surface area (Å²) in [6, 6.07) is 11.7. The third-order valence-electron chi connectivity index (χ3n) is 6.10. The van der Waals surface area contributed by atoms with Gasteiger partial charge in [-0.3, -0.25) is 10.00 Å². The lowest BCUT2D eigenvalue weighted by Crippen LogP contribution is -2.46. The summed E-state index contributed by atoms with van der Waals surface area (Å²) in [7, 11) is 0. The number of halogens is 2. The summed E-state index contributed by atoms with van der Waals surface area (Å²) in [5, 5.41) is 8.03. The molecule has 160 valence electrons. The number of benzene rings is 2. The molecular formula is C24H25F2N5. The number of rotatable bonds is 6. The number of anilines is 1. The second-order valence-electron chi connectivity index (χ2n) is 8.06. The van der Waals surface area contributed by atoms with Crippen molar-refractivity contribution in [3.8, 4) is 11.3 Å². The van der Waals surface area contributed by atoms with Crippen molar-refractivity contribution in [2.45, 2.75) is 12.8 Å². The van der Waals surface area contributed by atoms with Crippen molar-refractivity contribution in [1.82, 2.24) is 20.1 Å². The molecule has 5 nitrogen and oxygen atoms in total. The molecule has 7 heteroatoms. The average Bonchev–Trinajstić information content (AvgIpc) is 3.45. The first-order chi connectivity index (χ1) is 15.2. The molecule has 5 rings (SSSR count). The van der Waals surface area contributed by atoms with E-state index in [0.29, 0.717) is 0 Å². The minimum Gasteiger partial charge on any atom is -0.368 e. The third kappa shape index (κ3) is 4.18. The summed E-state index contributed by atoms with van der Waals surface area (Å²) in [5.41, 5.74) is 4.75. The van der Waals surface area contributed by atoms with Crippen LogP contribution in [0.4, 0.5) is 14.5 Å². The summed E-state index contributed by atoms with van der Waals surface area (Å²) < 4.78 is 27.4. The van der Waals surface area contributed by atoms with Gasteiger partial charge in [-0.2, -0.15) is 5.10 Å². The molecule has 0 radical (unpaired) electrons. The van der Waals surface area contributed by atoms with Crippen molar-refractivity contribution in [3.63, 3.8) is 0 Å². The van der Waals surface area contributed by atoms with E-state index in [-0.39, 0.29) is 11.6 Å². The number of aryl methyl sites for hydroxylation is 1. The monoisotopic (exact) mass is 421 g/mol. The number of nitrogens with one attached hydrogen (secondary N) is 2. The van der Waals surface area contributed by atoms with Crippen LogP contribution in [0, 0.1) is 11.6 Å². The van der Waals surface area contributed by atoms with Gasteiger partial charge in [0.05, 0.1) is 5.69 Å². The summed E-state index contributed by atoms with van der Waals surface area (Å²) in [6.45, 7) is 4.70. The second-order valence-corrected chi connectivity index (χ2v) is 8.06. The summed E-state index contributed by atoms with van der Waals surface area (Å²) >= 11 is 0. The van der Waals surface area contributed by atoms with Crippen LogP contribution in [0.5, 0.6) is 0 Å². The van der Waals surface area contributed by atoms with Crippen molar-refractivity contribution in [2.24, 2.45) is 0 Å². The molecular weight excluding hydrogens is 396 g/mol. The lowest BCUT2D eigenvalue weighted by molar-refractivity contribution is 0.255. The predicted molar refractivity (Wildman–Crippen MR) is 119 cm³/mol. The van der Waals surface area contributed by atoms with Crippen LogP contribution in [0.3, 0.4) is 0 Å². The van der Waals surface area contributed by atoms with Crippen LogP contribution in [0.1, 0.15) is 12.0 Å². The van der Waals surface area contributed by atoms with E-state index in [1.165, 1.54) is 17.7 Å². The van der Waals surface area contributed by atoms with Crippen molar-refractivity contribution >= 4 is 16.6 Å². The Labute approximate surface area is 179 Å². The largest absolute Gasteiger partial charge is 0.368 e. The number of fused-ring (bicyclic) bond motifs is 1. The maximum Gasteiger partial charge on any atom is 0.124 e. The molecule has 4 aromatic rings. The molecule has 0 aliphatic carbocycles. The van der Waals surface area contributed by atoms with Crippen LogP contribution in [0.15, 0.2) is 54.9 Å². The summed E-state index contributed by atoms with van der Waals surface area (Å²) in [5.74, 6) is -0.447. The summed E-state index contributed by atoms with van der Waals surface area (Å²) in [4.78, 5) is 8.00. The van der Waals surface area contributed by atoms with E-state index in [9.17, 15) is 8.78 Å². The van der Waals surface area contributed by atoms with E-state index in [2.05, 4.69) is 25.0 Å². The average molecular weight is 421 g/mol. The third-order valence-corrected chi connectivity index (χ3v) is 6.10. The molecule has 0 saturated carbocycles. The highest BCUT2D eigenvalue weighted by Gasteiger charge is 2.20. The molecule has 0 bridgehead atoms. The van der Waals surface area contributed by atoms with Crippen molar-refractivity contribution in [2.75, 3.05) is 37.6 Å². The molecule has 2 aromatic carbocycles. The topological polar surface area (TPSA) is 51.0 Å². The molecule has 1 aliphatic rings. The Morgan fingerprint density at radius 2 is 1.74 bits per heavy atom. The smallest absolute Gasteiger partial charge is 0.124 e. The number of nitrogens with zero attached hydrogens (tertiary/aromatic N) is 3. The van der Waals surface area contributed by atoms with Gasteiger partial charge in [0.2, 0.25) is 0 Å². The number of H-pyrrole nitrogens is 2. The molecule has 1 fully saturated rings. The highest BCUT2D eigenvalue weighted by Crippen LogP contribution is 2.31. The zero-order chi connectivity index (χ0) is 21.2. The fraction of sp³-hybridized carbons (Fsp3) is 0.292. The fourth-order valence-corrected chi connectivity index (χ4v) is 4.46. The normalized spacial score (nSPS) is 15.1. The number of piperazine rings is 1. The Bertz CT molecular complexity index is 1160. The van der Waals surface area contributed by atoms with Gasteiger partial charge in [0.25, 0.3) is 0 Å². The molecule has 0 unspecified atom stereocenters. The molecule has 1 saturated heterocycles. The number of aromatic nitrogens is 3. The molecule has 3 heterocycles. The highest BCUT2D eigenvalue weighted by molar-refractivity contribution is 5.83. The first-order valence-electron chi connectivity index (χ1n) is 10.7. The van der Waals surface area contributed by atoms with Crippen LogP contribution in [0.25, 0.3) is 22.2 Å². The molecule has 0 atom stereocenters. The van der Waals surface area contributed by atoms with E-state index >= 15 is 0 Å². The van der Waals surface area contributed by atoms with Gasteiger partial charge in [0.1, 0.15) is 11.6 Å². The van der Waals surface area contributed by atoms with Crippen LogP contribution in [-0.4, -0.2) is 52.8 Å². The van der Waals surface area contributed by atoms with E-state index < -0.39 is 0 Å². The van der Waals surface area contributed by atoms with Crippen LogP contribution in [-0.2, 0) is 6.42 Å². The van der Waals surface area contributed by atoms with Gasteiger partial charge in [-0.05, 0) is 67.4 Å². The Morgan fingerprint density at radius 1 is 0.935 bits per heavy atom. The number of hydrogen-bond acceptors (Lipinski definition) is 3. The van der Waals surface area contributed by atoms with Gasteiger partial charge >= 0.3 is 0 Å². The van der Waals surface area contributed by atoms with E-state index in [1.54, 1.807) is 24.4 Å². The molecule has 31 heavy (non-hydrogen) atoms. The Morgan fingerprint density at radius 3 is 2.55 bits per heavy atom. The van der Waals surface area contributed by atoms with E-state index in [4.69, 9.17) is 0 Å². The predicted octanol–water partition coefficient (Wildman–Crippen LogP) is 4.59. The Kier molecular flexibility index (Phi) is 5.42. The van der Waals surface area contributed by atoms with Crippen LogP contribution < -0.4 is 4.90 Å². The van der Waals surface area contributed by atoms with Gasteiger partial charge in [0.15, 0.2) is 0 Å². The van der Waals surface area contributed by atoms with Crippen molar-refractivity contribution < 1.29 is 8.78 Å². The molecule has 2 aromatic heterocycles. The quantitative estimate of drug-likeness (QED) is 0.479. The number of aromatic amines is 2. The minimum absolute atomic E-state index is 0.195. The van der Waals surface area contributed by atoms with Gasteiger partial charge in [-0.15, -0.1) is 0 Å². The second kappa shape index (κ2) is 8.51. The van der Waals surface area contributed by atoms with Crippen LogP contribution in [0.2, 0.25) is 0 Å². The van der Waals surface area contributed by atoms with Gasteiger partial charge < -0.3 is 9.88 Å². The Balaban J connectivity index is 1.18. The molecule has 0 amide bonds. The van der Waals surface area contributed by atoms with Crippen molar-refractivity contribution in [1.29, 1.82) is 0 Å². The zero-order valence-corrected chi connectivity index (χ0v) is 17.2. The first-order valence-corrected chi connectivity index (χ1v) is 10.7. The minimum atomic E-state index is -0.252. The SMILES string of the molecule is Fc1ccc(N2CCN(CCCc3c[nH]c4ccc(F)cc34)CC2)c(-c2cc[nH]n2)c1. The van der Waals surface area contributed by atoms with Gasteiger partial charge in [-0.1, -0.05) is 0 Å². The van der Waals surface area contributed by atoms with E-state index in [0.717, 1.165) is 73.4 Å².